The molecule has 1 aliphatic carbocycles. The standard InChI is InChI=1S/C28H30N2O3/c1-20-7-6-8-21(17-20)27(18-31)29-13-15-30(16-14-29)28(32)33-19-26-24-11-4-2-9-22(24)23-10-3-5-12-25(23)26/h2-12,17,26-27,31H,13-16,18-19H2,1H3. The van der Waals surface area contributed by atoms with E-state index in [9.17, 15) is 9.90 Å². The fraction of sp³-hybridized carbons (Fsp3) is 0.321. The van der Waals surface area contributed by atoms with E-state index in [0.717, 1.165) is 5.56 Å². The van der Waals surface area contributed by atoms with Crippen molar-refractivity contribution in [1.29, 1.82) is 0 Å². The molecule has 1 unspecified atom stereocenters. The van der Waals surface area contributed by atoms with Gasteiger partial charge in [0.2, 0.25) is 0 Å². The number of aliphatic hydroxyl groups is 1. The fourth-order valence-electron chi connectivity index (χ4n) is 5.21. The van der Waals surface area contributed by atoms with Gasteiger partial charge in [-0.3, -0.25) is 4.90 Å². The highest BCUT2D eigenvalue weighted by Gasteiger charge is 2.31. The number of rotatable bonds is 5. The molecule has 1 aliphatic heterocycles. The minimum atomic E-state index is -0.257. The van der Waals surface area contributed by atoms with Crippen molar-refractivity contribution in [3.05, 3.63) is 95.1 Å². The Morgan fingerprint density at radius 3 is 2.18 bits per heavy atom. The molecular formula is C28H30N2O3. The zero-order valence-electron chi connectivity index (χ0n) is 19.0. The van der Waals surface area contributed by atoms with E-state index >= 15 is 0 Å². The summed E-state index contributed by atoms with van der Waals surface area (Å²) in [7, 11) is 0. The third kappa shape index (κ3) is 4.26. The lowest BCUT2D eigenvalue weighted by molar-refractivity contribution is 0.0483. The monoisotopic (exact) mass is 442 g/mol. The van der Waals surface area contributed by atoms with Crippen LogP contribution in [0.2, 0.25) is 0 Å². The number of ether oxygens (including phenoxy) is 1. The van der Waals surface area contributed by atoms with Crippen LogP contribution in [0.25, 0.3) is 11.1 Å². The number of hydrogen-bond acceptors (Lipinski definition) is 4. The van der Waals surface area contributed by atoms with Crippen molar-refractivity contribution in [2.24, 2.45) is 0 Å². The summed E-state index contributed by atoms with van der Waals surface area (Å²) >= 11 is 0. The number of carbonyl (C=O) groups excluding carboxylic acids is 1. The van der Waals surface area contributed by atoms with E-state index in [1.54, 1.807) is 4.90 Å². The van der Waals surface area contributed by atoms with E-state index in [4.69, 9.17) is 4.74 Å². The van der Waals surface area contributed by atoms with Gasteiger partial charge in [-0.2, -0.15) is 0 Å². The van der Waals surface area contributed by atoms with E-state index in [-0.39, 0.29) is 24.7 Å². The lowest BCUT2D eigenvalue weighted by Gasteiger charge is -2.38. The first-order valence-corrected chi connectivity index (χ1v) is 11.7. The maximum atomic E-state index is 12.9. The molecule has 5 heteroatoms. The second kappa shape index (κ2) is 9.38. The molecule has 0 radical (unpaired) electrons. The minimum Gasteiger partial charge on any atom is -0.448 e. The third-order valence-corrected chi connectivity index (χ3v) is 6.95. The van der Waals surface area contributed by atoms with Gasteiger partial charge in [0.05, 0.1) is 12.6 Å². The number of benzene rings is 3. The summed E-state index contributed by atoms with van der Waals surface area (Å²) in [6.45, 7) is 5.09. The van der Waals surface area contributed by atoms with Crippen molar-refractivity contribution in [3.63, 3.8) is 0 Å². The van der Waals surface area contributed by atoms with Crippen LogP contribution in [0.3, 0.4) is 0 Å². The smallest absolute Gasteiger partial charge is 0.409 e. The summed E-state index contributed by atoms with van der Waals surface area (Å²) in [5, 5.41) is 10.0. The van der Waals surface area contributed by atoms with E-state index < -0.39 is 0 Å². The molecule has 1 N–H and O–H groups in total. The number of hydrogen-bond donors (Lipinski definition) is 1. The van der Waals surface area contributed by atoms with Crippen LogP contribution in [0.5, 0.6) is 0 Å². The van der Waals surface area contributed by atoms with Gasteiger partial charge < -0.3 is 14.7 Å². The molecule has 0 spiro atoms. The Labute approximate surface area is 195 Å². The van der Waals surface area contributed by atoms with Crippen molar-refractivity contribution in [2.75, 3.05) is 39.4 Å². The highest BCUT2D eigenvalue weighted by atomic mass is 16.6. The van der Waals surface area contributed by atoms with Gasteiger partial charge in [0.1, 0.15) is 6.61 Å². The number of fused-ring (bicyclic) bond motifs is 3. The maximum Gasteiger partial charge on any atom is 0.409 e. The molecule has 1 amide bonds. The van der Waals surface area contributed by atoms with Gasteiger partial charge in [-0.15, -0.1) is 0 Å². The van der Waals surface area contributed by atoms with E-state index in [1.165, 1.54) is 27.8 Å². The summed E-state index contributed by atoms with van der Waals surface area (Å²) in [6.07, 6.45) is -0.257. The lowest BCUT2D eigenvalue weighted by atomic mass is 9.98. The molecule has 1 saturated heterocycles. The Kier molecular flexibility index (Phi) is 6.16. The van der Waals surface area contributed by atoms with Gasteiger partial charge in [-0.25, -0.2) is 4.79 Å². The van der Waals surface area contributed by atoms with Crippen molar-refractivity contribution >= 4 is 6.09 Å². The number of carbonyl (C=O) groups is 1. The van der Waals surface area contributed by atoms with Crippen molar-refractivity contribution in [3.8, 4) is 11.1 Å². The summed E-state index contributed by atoms with van der Waals surface area (Å²) in [6, 6.07) is 25.0. The SMILES string of the molecule is Cc1cccc(C(CO)N2CCN(C(=O)OCC3c4ccccc4-c4ccccc43)CC2)c1. The number of amides is 1. The van der Waals surface area contributed by atoms with E-state index in [0.29, 0.717) is 32.8 Å². The quantitative estimate of drug-likeness (QED) is 0.628. The first-order chi connectivity index (χ1) is 16.2. The second-order valence-electron chi connectivity index (χ2n) is 8.94. The Morgan fingerprint density at radius 2 is 1.58 bits per heavy atom. The Bertz CT molecular complexity index is 1090. The predicted molar refractivity (Wildman–Crippen MR) is 129 cm³/mol. The van der Waals surface area contributed by atoms with E-state index in [1.807, 2.05) is 18.2 Å². The molecular weight excluding hydrogens is 412 g/mol. The zero-order valence-corrected chi connectivity index (χ0v) is 19.0. The Morgan fingerprint density at radius 1 is 0.939 bits per heavy atom. The van der Waals surface area contributed by atoms with Gasteiger partial charge in [-0.1, -0.05) is 78.4 Å². The number of nitrogens with zero attached hydrogens (tertiary/aromatic N) is 2. The van der Waals surface area contributed by atoms with Crippen molar-refractivity contribution in [2.45, 2.75) is 18.9 Å². The molecule has 1 atom stereocenters. The van der Waals surface area contributed by atoms with Gasteiger partial charge >= 0.3 is 6.09 Å². The largest absolute Gasteiger partial charge is 0.448 e. The molecule has 33 heavy (non-hydrogen) atoms. The highest BCUT2D eigenvalue weighted by molar-refractivity contribution is 5.79. The molecule has 3 aromatic carbocycles. The first-order valence-electron chi connectivity index (χ1n) is 11.7. The van der Waals surface area contributed by atoms with E-state index in [2.05, 4.69) is 66.4 Å². The molecule has 1 heterocycles. The van der Waals surface area contributed by atoms with Crippen LogP contribution in [0.4, 0.5) is 4.79 Å². The van der Waals surface area contributed by atoms with Crippen LogP contribution in [0, 0.1) is 6.92 Å². The Balaban J connectivity index is 1.20. The summed E-state index contributed by atoms with van der Waals surface area (Å²) in [4.78, 5) is 16.9. The topological polar surface area (TPSA) is 53.0 Å². The molecule has 5 nitrogen and oxygen atoms in total. The second-order valence-corrected chi connectivity index (χ2v) is 8.94. The average Bonchev–Trinajstić information content (AvgIpc) is 3.17. The normalized spacial score (nSPS) is 16.8. The van der Waals surface area contributed by atoms with Crippen molar-refractivity contribution < 1.29 is 14.6 Å². The van der Waals surface area contributed by atoms with Crippen LogP contribution in [0.15, 0.2) is 72.8 Å². The molecule has 5 rings (SSSR count). The number of aryl methyl sites for hydroxylation is 1. The van der Waals surface area contributed by atoms with Crippen LogP contribution in [0.1, 0.15) is 34.2 Å². The first kappa shape index (κ1) is 21.7. The van der Waals surface area contributed by atoms with Gasteiger partial charge in [0, 0.05) is 32.1 Å². The Hall–Kier alpha value is -3.15. The number of aliphatic hydroxyl groups excluding tert-OH is 1. The summed E-state index contributed by atoms with van der Waals surface area (Å²) < 4.78 is 5.82. The molecule has 170 valence electrons. The van der Waals surface area contributed by atoms with Crippen molar-refractivity contribution in [1.82, 2.24) is 9.80 Å². The molecule has 1 fully saturated rings. The minimum absolute atomic E-state index is 0.0467. The highest BCUT2D eigenvalue weighted by Crippen LogP contribution is 2.44. The van der Waals surface area contributed by atoms with Crippen LogP contribution >= 0.6 is 0 Å². The number of piperazine rings is 1. The molecule has 2 aliphatic rings. The molecule has 0 bridgehead atoms. The van der Waals surface area contributed by atoms with Crippen LogP contribution in [-0.4, -0.2) is 60.4 Å². The summed E-state index contributed by atoms with van der Waals surface area (Å²) in [5.74, 6) is 0.0720. The molecule has 3 aromatic rings. The van der Waals surface area contributed by atoms with Gasteiger partial charge in [0.25, 0.3) is 0 Å². The van der Waals surface area contributed by atoms with Gasteiger partial charge in [0.15, 0.2) is 0 Å². The van der Waals surface area contributed by atoms with Crippen LogP contribution in [-0.2, 0) is 4.74 Å². The molecule has 0 aromatic heterocycles. The zero-order chi connectivity index (χ0) is 22.8. The molecule has 0 saturated carbocycles. The fourth-order valence-corrected chi connectivity index (χ4v) is 5.21. The predicted octanol–water partition coefficient (Wildman–Crippen LogP) is 4.60. The lowest BCUT2D eigenvalue weighted by Crippen LogP contribution is -2.50. The van der Waals surface area contributed by atoms with Gasteiger partial charge in [-0.05, 0) is 34.7 Å². The summed E-state index contributed by atoms with van der Waals surface area (Å²) in [5.41, 5.74) is 7.21. The van der Waals surface area contributed by atoms with Crippen LogP contribution < -0.4 is 0 Å². The average molecular weight is 443 g/mol. The maximum absolute atomic E-state index is 12.9. The third-order valence-electron chi connectivity index (χ3n) is 6.95.